The molecule has 0 amide bonds. The number of aromatic nitrogens is 3. The van der Waals surface area contributed by atoms with E-state index in [1.165, 1.54) is 0 Å². The molecule has 98 valence electrons. The van der Waals surface area contributed by atoms with Gasteiger partial charge in [0.15, 0.2) is 5.75 Å². The van der Waals surface area contributed by atoms with Crippen LogP contribution in [0.2, 0.25) is 0 Å². The van der Waals surface area contributed by atoms with Gasteiger partial charge in [-0.1, -0.05) is 6.92 Å². The zero-order valence-electron chi connectivity index (χ0n) is 10.9. The Morgan fingerprint density at radius 3 is 2.94 bits per heavy atom. The van der Waals surface area contributed by atoms with Crippen molar-refractivity contribution < 1.29 is 4.74 Å². The summed E-state index contributed by atoms with van der Waals surface area (Å²) in [5.41, 5.74) is 3.87. The van der Waals surface area contributed by atoms with Crippen molar-refractivity contribution in [1.82, 2.24) is 20.1 Å². The lowest BCUT2D eigenvalue weighted by Crippen LogP contribution is -2.22. The topological polar surface area (TPSA) is 52.0 Å². The first kappa shape index (κ1) is 13.0. The Morgan fingerprint density at radius 2 is 2.39 bits per heavy atom. The van der Waals surface area contributed by atoms with Gasteiger partial charge in [0, 0.05) is 11.9 Å². The maximum absolute atomic E-state index is 5.41. The van der Waals surface area contributed by atoms with Crippen LogP contribution in [-0.4, -0.2) is 28.9 Å². The molecule has 0 radical (unpaired) electrons. The minimum Gasteiger partial charge on any atom is -0.493 e. The Hall–Kier alpha value is -1.40. The third kappa shape index (κ3) is 2.39. The van der Waals surface area contributed by atoms with E-state index in [2.05, 4.69) is 22.3 Å². The molecule has 1 atom stereocenters. The monoisotopic (exact) mass is 266 g/mol. The number of hydrogen-bond donors (Lipinski definition) is 1. The summed E-state index contributed by atoms with van der Waals surface area (Å²) in [5, 5.41) is 9.71. The number of nitrogens with zero attached hydrogens (tertiary/aromatic N) is 3. The van der Waals surface area contributed by atoms with Crippen LogP contribution in [0.3, 0.4) is 0 Å². The molecule has 0 bridgehead atoms. The second-order valence-corrected chi connectivity index (χ2v) is 4.68. The summed E-state index contributed by atoms with van der Waals surface area (Å²) in [4.78, 5) is 4.38. The van der Waals surface area contributed by atoms with E-state index in [9.17, 15) is 0 Å². The van der Waals surface area contributed by atoms with Crippen LogP contribution >= 0.6 is 11.3 Å². The lowest BCUT2D eigenvalue weighted by Gasteiger charge is -2.17. The van der Waals surface area contributed by atoms with Crippen molar-refractivity contribution >= 4 is 11.3 Å². The van der Waals surface area contributed by atoms with Crippen LogP contribution in [0.1, 0.15) is 30.8 Å². The molecule has 0 aliphatic carbocycles. The van der Waals surface area contributed by atoms with Crippen LogP contribution in [-0.2, 0) is 6.54 Å². The summed E-state index contributed by atoms with van der Waals surface area (Å²) in [6.07, 6.45) is 2.80. The second-order valence-electron chi connectivity index (χ2n) is 3.96. The van der Waals surface area contributed by atoms with Crippen molar-refractivity contribution in [2.75, 3.05) is 14.2 Å². The van der Waals surface area contributed by atoms with Crippen molar-refractivity contribution in [3.05, 3.63) is 28.5 Å². The Kier molecular flexibility index (Phi) is 4.33. The van der Waals surface area contributed by atoms with E-state index in [4.69, 9.17) is 4.74 Å². The van der Waals surface area contributed by atoms with Gasteiger partial charge in [-0.25, -0.2) is 4.98 Å². The van der Waals surface area contributed by atoms with Gasteiger partial charge in [0.2, 0.25) is 0 Å². The molecule has 2 heterocycles. The van der Waals surface area contributed by atoms with Crippen LogP contribution in [0.5, 0.6) is 5.75 Å². The molecular weight excluding hydrogens is 248 g/mol. The molecule has 0 saturated carbocycles. The molecule has 0 aliphatic heterocycles. The maximum Gasteiger partial charge on any atom is 0.161 e. The quantitative estimate of drug-likeness (QED) is 0.869. The molecule has 1 unspecified atom stereocenters. The molecule has 2 rings (SSSR count). The van der Waals surface area contributed by atoms with E-state index in [0.29, 0.717) is 0 Å². The van der Waals surface area contributed by atoms with Crippen molar-refractivity contribution in [2.45, 2.75) is 25.9 Å². The Bertz CT molecular complexity index is 480. The van der Waals surface area contributed by atoms with Crippen LogP contribution in [0, 0.1) is 0 Å². The van der Waals surface area contributed by atoms with Gasteiger partial charge in [0.05, 0.1) is 30.6 Å². The van der Waals surface area contributed by atoms with E-state index in [0.717, 1.165) is 30.1 Å². The number of hydrogen-bond acceptors (Lipinski definition) is 5. The van der Waals surface area contributed by atoms with Gasteiger partial charge in [-0.3, -0.25) is 4.68 Å². The van der Waals surface area contributed by atoms with Crippen LogP contribution in [0.15, 0.2) is 17.1 Å². The van der Waals surface area contributed by atoms with E-state index in [-0.39, 0.29) is 6.04 Å². The molecule has 0 aliphatic rings. The Morgan fingerprint density at radius 1 is 1.56 bits per heavy atom. The highest BCUT2D eigenvalue weighted by molar-refractivity contribution is 7.07. The lowest BCUT2D eigenvalue weighted by atomic mass is 10.1. The average Bonchev–Trinajstić information content (AvgIpc) is 3.02. The molecular formula is C12H18N4OS. The number of ether oxygens (including phenoxy) is 1. The van der Waals surface area contributed by atoms with Crippen LogP contribution < -0.4 is 10.1 Å². The molecule has 2 aromatic rings. The summed E-state index contributed by atoms with van der Waals surface area (Å²) in [7, 11) is 3.59. The van der Waals surface area contributed by atoms with E-state index < -0.39 is 0 Å². The molecule has 0 fully saturated rings. The first-order valence-corrected chi connectivity index (χ1v) is 6.91. The molecule has 1 N–H and O–H groups in total. The number of nitrogens with one attached hydrogen (secondary N) is 1. The van der Waals surface area contributed by atoms with Gasteiger partial charge in [-0.2, -0.15) is 5.10 Å². The second kappa shape index (κ2) is 5.97. The third-order valence-corrected chi connectivity index (χ3v) is 3.41. The zero-order valence-corrected chi connectivity index (χ0v) is 11.7. The highest BCUT2D eigenvalue weighted by Crippen LogP contribution is 2.29. The van der Waals surface area contributed by atoms with Gasteiger partial charge in [-0.15, -0.1) is 11.3 Å². The van der Waals surface area contributed by atoms with E-state index >= 15 is 0 Å². The van der Waals surface area contributed by atoms with Crippen molar-refractivity contribution in [2.24, 2.45) is 0 Å². The maximum atomic E-state index is 5.41. The van der Waals surface area contributed by atoms with Crippen molar-refractivity contribution in [3.63, 3.8) is 0 Å². The number of aryl methyl sites for hydroxylation is 1. The summed E-state index contributed by atoms with van der Waals surface area (Å²) in [5.74, 6) is 0.802. The molecule has 0 saturated heterocycles. The zero-order chi connectivity index (χ0) is 13.0. The van der Waals surface area contributed by atoms with Crippen LogP contribution in [0.4, 0.5) is 0 Å². The van der Waals surface area contributed by atoms with Gasteiger partial charge in [0.25, 0.3) is 0 Å². The molecule has 0 spiro atoms. The highest BCUT2D eigenvalue weighted by atomic mass is 32.1. The molecule has 6 heteroatoms. The fraction of sp³-hybridized carbons (Fsp3) is 0.500. The summed E-state index contributed by atoms with van der Waals surface area (Å²) in [6, 6.07) is 0.0141. The van der Waals surface area contributed by atoms with Crippen molar-refractivity contribution in [1.29, 1.82) is 0 Å². The minimum atomic E-state index is 0.0141. The lowest BCUT2D eigenvalue weighted by molar-refractivity contribution is 0.399. The molecule has 5 nitrogen and oxygen atoms in total. The smallest absolute Gasteiger partial charge is 0.161 e. The normalized spacial score (nSPS) is 12.6. The molecule has 0 aromatic carbocycles. The first-order chi connectivity index (χ1) is 8.81. The Labute approximate surface area is 111 Å². The van der Waals surface area contributed by atoms with E-state index in [1.807, 2.05) is 22.6 Å². The average molecular weight is 266 g/mol. The minimum absolute atomic E-state index is 0.0141. The third-order valence-electron chi connectivity index (χ3n) is 2.81. The fourth-order valence-corrected chi connectivity index (χ4v) is 2.59. The number of rotatable bonds is 6. The van der Waals surface area contributed by atoms with Gasteiger partial charge in [0.1, 0.15) is 5.69 Å². The molecule has 2 aromatic heterocycles. The van der Waals surface area contributed by atoms with Gasteiger partial charge >= 0.3 is 0 Å². The largest absolute Gasteiger partial charge is 0.493 e. The molecule has 18 heavy (non-hydrogen) atoms. The Balaban J connectivity index is 2.42. The number of methoxy groups -OCH3 is 1. The first-order valence-electron chi connectivity index (χ1n) is 5.96. The summed E-state index contributed by atoms with van der Waals surface area (Å²) < 4.78 is 7.39. The summed E-state index contributed by atoms with van der Waals surface area (Å²) >= 11 is 1.59. The number of thiazole rings is 1. The van der Waals surface area contributed by atoms with Crippen LogP contribution in [0.25, 0.3) is 0 Å². The van der Waals surface area contributed by atoms with E-state index in [1.54, 1.807) is 24.6 Å². The van der Waals surface area contributed by atoms with Crippen molar-refractivity contribution in [3.8, 4) is 5.75 Å². The SMILES string of the molecule is CCCn1ncc(OC)c1C(NC)c1cscn1. The fourth-order valence-electron chi connectivity index (χ4n) is 2.01. The summed E-state index contributed by atoms with van der Waals surface area (Å²) in [6.45, 7) is 3.01. The standard InChI is InChI=1S/C12H18N4OS/c1-4-5-16-12(10(17-3)6-15-16)11(13-2)9-7-18-8-14-9/h6-8,11,13H,4-5H2,1-3H3. The van der Waals surface area contributed by atoms with Gasteiger partial charge in [-0.05, 0) is 13.5 Å². The predicted octanol–water partition coefficient (Wildman–Crippen LogP) is 2.07. The predicted molar refractivity (Wildman–Crippen MR) is 72.1 cm³/mol. The van der Waals surface area contributed by atoms with Gasteiger partial charge < -0.3 is 10.1 Å². The highest BCUT2D eigenvalue weighted by Gasteiger charge is 2.23.